The van der Waals surface area contributed by atoms with Crippen molar-refractivity contribution in [3.63, 3.8) is 0 Å². The van der Waals surface area contributed by atoms with Gasteiger partial charge in [0.15, 0.2) is 0 Å². The Bertz CT molecular complexity index is 404. The van der Waals surface area contributed by atoms with Gasteiger partial charge in [0.2, 0.25) is 0 Å². The van der Waals surface area contributed by atoms with Gasteiger partial charge in [-0.15, -0.1) is 0 Å². The van der Waals surface area contributed by atoms with Crippen LogP contribution in [0, 0.1) is 0 Å². The Morgan fingerprint density at radius 3 is 2.47 bits per heavy atom. The van der Waals surface area contributed by atoms with Gasteiger partial charge >= 0.3 is 12.3 Å². The number of alkyl halides is 3. The molecule has 0 unspecified atom stereocenters. The van der Waals surface area contributed by atoms with E-state index in [1.807, 2.05) is 0 Å². The monoisotopic (exact) mass is 247 g/mol. The third-order valence-corrected chi connectivity index (χ3v) is 2.26. The van der Waals surface area contributed by atoms with Crippen molar-refractivity contribution in [3.05, 3.63) is 35.4 Å². The first-order valence-corrected chi connectivity index (χ1v) is 4.80. The molecule has 0 aromatic heterocycles. The lowest BCUT2D eigenvalue weighted by atomic mass is 10.1. The topological polar surface area (TPSA) is 29.5 Å². The second-order valence-corrected chi connectivity index (χ2v) is 3.47. The number of benzene rings is 1. The average Bonchev–Trinajstić information content (AvgIpc) is 2.27. The molecule has 1 aromatic carbocycles. The van der Waals surface area contributed by atoms with Gasteiger partial charge in [0.25, 0.3) is 0 Å². The lowest BCUT2D eigenvalue weighted by molar-refractivity contribution is -0.240. The molecule has 0 spiro atoms. The van der Waals surface area contributed by atoms with Crippen LogP contribution in [0.3, 0.4) is 0 Å². The van der Waals surface area contributed by atoms with Gasteiger partial charge in [-0.05, 0) is 18.7 Å². The van der Waals surface area contributed by atoms with Crippen molar-refractivity contribution in [1.29, 1.82) is 0 Å². The summed E-state index contributed by atoms with van der Waals surface area (Å²) >= 11 is 0. The Morgan fingerprint density at radius 2 is 1.94 bits per heavy atom. The van der Waals surface area contributed by atoms with E-state index >= 15 is 0 Å². The van der Waals surface area contributed by atoms with Crippen molar-refractivity contribution < 1.29 is 22.7 Å². The highest BCUT2D eigenvalue weighted by molar-refractivity contribution is 5.90. The molecule has 3 nitrogen and oxygen atoms in total. The summed E-state index contributed by atoms with van der Waals surface area (Å²) in [6, 6.07) is 6.05. The number of methoxy groups -OCH3 is 1. The van der Waals surface area contributed by atoms with Crippen molar-refractivity contribution in [2.45, 2.75) is 12.8 Å². The largest absolute Gasteiger partial charge is 0.465 e. The SMILES string of the molecule is COC(=O)c1ccccc1CN(C)C(F)(F)F. The summed E-state index contributed by atoms with van der Waals surface area (Å²) < 4.78 is 41.6. The zero-order valence-corrected chi connectivity index (χ0v) is 9.41. The Labute approximate surface area is 96.8 Å². The highest BCUT2D eigenvalue weighted by Gasteiger charge is 2.34. The van der Waals surface area contributed by atoms with E-state index in [4.69, 9.17) is 0 Å². The van der Waals surface area contributed by atoms with Crippen LogP contribution >= 0.6 is 0 Å². The molecule has 0 saturated heterocycles. The first kappa shape index (κ1) is 13.5. The van der Waals surface area contributed by atoms with Crippen LogP contribution in [-0.4, -0.2) is 31.3 Å². The summed E-state index contributed by atoms with van der Waals surface area (Å²) in [6.07, 6.45) is -4.43. The van der Waals surface area contributed by atoms with E-state index in [0.717, 1.165) is 7.05 Å². The fraction of sp³-hybridized carbons (Fsp3) is 0.364. The number of nitrogens with zero attached hydrogens (tertiary/aromatic N) is 1. The second-order valence-electron chi connectivity index (χ2n) is 3.47. The Hall–Kier alpha value is -1.56. The molecule has 94 valence electrons. The quantitative estimate of drug-likeness (QED) is 0.607. The number of rotatable bonds is 3. The van der Waals surface area contributed by atoms with Crippen molar-refractivity contribution >= 4 is 5.97 Å². The number of halogens is 3. The van der Waals surface area contributed by atoms with Gasteiger partial charge in [0.1, 0.15) is 0 Å². The summed E-state index contributed by atoms with van der Waals surface area (Å²) in [5, 5.41) is 0. The van der Waals surface area contributed by atoms with Crippen LogP contribution in [0.5, 0.6) is 0 Å². The lowest BCUT2D eigenvalue weighted by Crippen LogP contribution is -2.34. The summed E-state index contributed by atoms with van der Waals surface area (Å²) in [7, 11) is 2.11. The van der Waals surface area contributed by atoms with Gasteiger partial charge in [-0.1, -0.05) is 18.2 Å². The lowest BCUT2D eigenvalue weighted by Gasteiger charge is -2.20. The highest BCUT2D eigenvalue weighted by Crippen LogP contribution is 2.22. The molecule has 0 fully saturated rings. The van der Waals surface area contributed by atoms with Gasteiger partial charge < -0.3 is 4.74 Å². The number of carbonyl (C=O) groups is 1. The minimum Gasteiger partial charge on any atom is -0.465 e. The van der Waals surface area contributed by atoms with Gasteiger partial charge in [-0.2, -0.15) is 13.2 Å². The molecular weight excluding hydrogens is 235 g/mol. The van der Waals surface area contributed by atoms with Crippen LogP contribution in [-0.2, 0) is 11.3 Å². The molecule has 1 aromatic rings. The summed E-state index contributed by atoms with van der Waals surface area (Å²) in [6.45, 7) is -0.394. The molecule has 0 saturated carbocycles. The number of esters is 1. The van der Waals surface area contributed by atoms with Crippen molar-refractivity contribution in [3.8, 4) is 0 Å². The molecule has 17 heavy (non-hydrogen) atoms. The third kappa shape index (κ3) is 3.45. The Morgan fingerprint density at radius 1 is 1.35 bits per heavy atom. The summed E-state index contributed by atoms with van der Waals surface area (Å²) in [4.78, 5) is 11.5. The number of carbonyl (C=O) groups excluding carboxylic acids is 1. The normalized spacial score (nSPS) is 11.6. The van der Waals surface area contributed by atoms with Gasteiger partial charge in [0.05, 0.1) is 12.7 Å². The summed E-state index contributed by atoms with van der Waals surface area (Å²) in [5.74, 6) is -0.642. The van der Waals surface area contributed by atoms with Gasteiger partial charge in [-0.3, -0.25) is 0 Å². The molecule has 1 rings (SSSR count). The smallest absolute Gasteiger partial charge is 0.459 e. The molecule has 0 amide bonds. The van der Waals surface area contributed by atoms with Crippen LogP contribution in [0.1, 0.15) is 15.9 Å². The molecule has 0 aliphatic rings. The molecule has 0 heterocycles. The van der Waals surface area contributed by atoms with Crippen LogP contribution in [0.15, 0.2) is 24.3 Å². The molecule has 0 aliphatic heterocycles. The van der Waals surface area contributed by atoms with Crippen molar-refractivity contribution in [1.82, 2.24) is 4.90 Å². The molecular formula is C11H12F3NO2. The maximum atomic E-state index is 12.4. The first-order valence-electron chi connectivity index (χ1n) is 4.80. The van der Waals surface area contributed by atoms with Crippen LogP contribution in [0.25, 0.3) is 0 Å². The van der Waals surface area contributed by atoms with E-state index in [1.54, 1.807) is 12.1 Å². The molecule has 0 aliphatic carbocycles. The Balaban J connectivity index is 2.95. The zero-order chi connectivity index (χ0) is 13.1. The van der Waals surface area contributed by atoms with Crippen LogP contribution in [0.2, 0.25) is 0 Å². The molecule has 0 bridgehead atoms. The summed E-state index contributed by atoms with van der Waals surface area (Å²) in [5.41, 5.74) is 0.422. The molecule has 6 heteroatoms. The van der Waals surface area contributed by atoms with Crippen LogP contribution < -0.4 is 0 Å². The maximum Gasteiger partial charge on any atom is 0.459 e. The van der Waals surface area contributed by atoms with E-state index in [0.29, 0.717) is 0 Å². The van der Waals surface area contributed by atoms with Gasteiger partial charge in [-0.25, -0.2) is 9.69 Å². The standard InChI is InChI=1S/C11H12F3NO2/c1-15(11(12,13)14)7-8-5-3-4-6-9(8)10(16)17-2/h3-6H,7H2,1-2H3. The highest BCUT2D eigenvalue weighted by atomic mass is 19.4. The van der Waals surface area contributed by atoms with Gasteiger partial charge in [0, 0.05) is 6.54 Å². The van der Waals surface area contributed by atoms with Crippen LogP contribution in [0.4, 0.5) is 13.2 Å². The van der Waals surface area contributed by atoms with Crippen molar-refractivity contribution in [2.24, 2.45) is 0 Å². The minimum absolute atomic E-state index is 0.145. The zero-order valence-electron chi connectivity index (χ0n) is 9.41. The van der Waals surface area contributed by atoms with Crippen molar-refractivity contribution in [2.75, 3.05) is 14.2 Å². The fourth-order valence-electron chi connectivity index (χ4n) is 1.31. The average molecular weight is 247 g/mol. The van der Waals surface area contributed by atoms with E-state index in [2.05, 4.69) is 4.74 Å². The Kier molecular flexibility index (Phi) is 4.11. The number of hydrogen-bond acceptors (Lipinski definition) is 3. The van der Waals surface area contributed by atoms with E-state index in [1.165, 1.54) is 19.2 Å². The maximum absolute atomic E-state index is 12.4. The van der Waals surface area contributed by atoms with E-state index < -0.39 is 18.8 Å². The fourth-order valence-corrected chi connectivity index (χ4v) is 1.31. The van der Waals surface area contributed by atoms with E-state index in [9.17, 15) is 18.0 Å². The predicted molar refractivity (Wildman–Crippen MR) is 55.3 cm³/mol. The first-order chi connectivity index (χ1) is 7.86. The minimum atomic E-state index is -4.43. The third-order valence-electron chi connectivity index (χ3n) is 2.26. The number of ether oxygens (including phenoxy) is 1. The predicted octanol–water partition coefficient (Wildman–Crippen LogP) is 2.42. The van der Waals surface area contributed by atoms with E-state index in [-0.39, 0.29) is 16.0 Å². The number of hydrogen-bond donors (Lipinski definition) is 0. The molecule has 0 atom stereocenters. The molecule has 0 N–H and O–H groups in total. The second kappa shape index (κ2) is 5.18. The molecule has 0 radical (unpaired) electrons.